The fourth-order valence-electron chi connectivity index (χ4n) is 5.36. The SMILES string of the molecule is O=C1N[C@H]2[C@H](CS[C@H]2CCCC(C(=O)O)C(CCC[C@@H]2SC[C@@H]3NC(=O)N[C@@H]32)C(=O)O)N1. The van der Waals surface area contributed by atoms with Gasteiger partial charge in [-0.1, -0.05) is 12.8 Å². The summed E-state index contributed by atoms with van der Waals surface area (Å²) in [5, 5.41) is 31.5. The Balaban J connectivity index is 1.25. The first-order valence-electron chi connectivity index (χ1n) is 11.2. The topological polar surface area (TPSA) is 157 Å². The van der Waals surface area contributed by atoms with Crippen molar-refractivity contribution in [2.24, 2.45) is 11.8 Å². The van der Waals surface area contributed by atoms with Crippen LogP contribution in [0.25, 0.3) is 0 Å². The number of carboxylic acids is 2. The van der Waals surface area contributed by atoms with Gasteiger partial charge in [0.05, 0.1) is 36.0 Å². The molecule has 10 nitrogen and oxygen atoms in total. The molecule has 4 aliphatic heterocycles. The molecule has 4 heterocycles. The van der Waals surface area contributed by atoms with Gasteiger partial charge in [-0.05, 0) is 25.7 Å². The lowest BCUT2D eigenvalue weighted by Crippen LogP contribution is -2.37. The Morgan fingerprint density at radius 1 is 0.781 bits per heavy atom. The van der Waals surface area contributed by atoms with Crippen LogP contribution in [0, 0.1) is 11.8 Å². The fraction of sp³-hybridized carbons (Fsp3) is 0.800. The molecule has 0 bridgehead atoms. The normalized spacial score (nSPS) is 34.6. The minimum absolute atomic E-state index is 0.0596. The van der Waals surface area contributed by atoms with Crippen molar-refractivity contribution in [2.45, 2.75) is 73.2 Å². The number of nitrogens with one attached hydrogen (secondary N) is 4. The molecule has 0 aromatic carbocycles. The minimum Gasteiger partial charge on any atom is -0.481 e. The van der Waals surface area contributed by atoms with Gasteiger partial charge in [-0.15, -0.1) is 0 Å². The number of amides is 4. The largest absolute Gasteiger partial charge is 0.481 e. The standard InChI is InChI=1S/C20H30N4O6S2/c25-17(26)9(3-1-5-13-15-11(7-31-13)21-19(29)23-15)10(18(27)28)4-2-6-14-16-12(8-32-14)22-20(30)24-16/h9-16H,1-8H2,(H,25,26)(H,27,28)(H2,21,23,29)(H2,22,24,30)/t9?,10?,11-,12-,13-,14-,15-,16-/m0/s1. The van der Waals surface area contributed by atoms with Gasteiger partial charge in [0.25, 0.3) is 0 Å². The van der Waals surface area contributed by atoms with Gasteiger partial charge in [-0.25, -0.2) is 9.59 Å². The van der Waals surface area contributed by atoms with E-state index in [2.05, 4.69) is 21.3 Å². The molecule has 6 N–H and O–H groups in total. The van der Waals surface area contributed by atoms with E-state index in [9.17, 15) is 29.4 Å². The number of hydrogen-bond acceptors (Lipinski definition) is 6. The first kappa shape index (κ1) is 23.3. The second kappa shape index (κ2) is 9.98. The summed E-state index contributed by atoms with van der Waals surface area (Å²) in [6.07, 6.45) is 3.33. The number of fused-ring (bicyclic) bond motifs is 2. The second-order valence-electron chi connectivity index (χ2n) is 8.99. The van der Waals surface area contributed by atoms with Gasteiger partial charge >= 0.3 is 24.0 Å². The maximum absolute atomic E-state index is 11.9. The Bertz CT molecular complexity index is 708. The summed E-state index contributed by atoms with van der Waals surface area (Å²) in [6, 6.07) is 0.0484. The van der Waals surface area contributed by atoms with Crippen LogP contribution in [-0.2, 0) is 9.59 Å². The van der Waals surface area contributed by atoms with Gasteiger partial charge in [-0.3, -0.25) is 9.59 Å². The zero-order chi connectivity index (χ0) is 22.8. The molecule has 0 aliphatic carbocycles. The van der Waals surface area contributed by atoms with E-state index in [0.717, 1.165) is 24.3 Å². The first-order chi connectivity index (χ1) is 15.3. The predicted molar refractivity (Wildman–Crippen MR) is 121 cm³/mol. The van der Waals surface area contributed by atoms with E-state index in [-0.39, 0.29) is 46.7 Å². The van der Waals surface area contributed by atoms with Gasteiger partial charge < -0.3 is 31.5 Å². The lowest BCUT2D eigenvalue weighted by atomic mass is 9.83. The summed E-state index contributed by atoms with van der Waals surface area (Å²) < 4.78 is 0. The number of aliphatic carboxylic acids is 2. The Morgan fingerprint density at radius 2 is 1.19 bits per heavy atom. The van der Waals surface area contributed by atoms with E-state index in [1.807, 2.05) is 0 Å². The number of urea groups is 2. The molecule has 4 fully saturated rings. The average Bonchev–Trinajstić information content (AvgIpc) is 3.45. The molecule has 0 aromatic rings. The van der Waals surface area contributed by atoms with E-state index in [0.29, 0.717) is 25.7 Å². The highest BCUT2D eigenvalue weighted by molar-refractivity contribution is 8.00. The molecule has 2 unspecified atom stereocenters. The number of carbonyl (C=O) groups is 4. The summed E-state index contributed by atoms with van der Waals surface area (Å²) in [5.74, 6) is -2.30. The van der Waals surface area contributed by atoms with Crippen LogP contribution >= 0.6 is 23.5 Å². The smallest absolute Gasteiger partial charge is 0.315 e. The highest BCUT2D eigenvalue weighted by atomic mass is 32.2. The van der Waals surface area contributed by atoms with Crippen LogP contribution in [0.15, 0.2) is 0 Å². The lowest BCUT2D eigenvalue weighted by molar-refractivity contribution is -0.154. The highest BCUT2D eigenvalue weighted by Gasteiger charge is 2.44. The summed E-state index contributed by atoms with van der Waals surface area (Å²) in [4.78, 5) is 46.8. The molecule has 12 heteroatoms. The third-order valence-electron chi connectivity index (χ3n) is 7.00. The van der Waals surface area contributed by atoms with E-state index >= 15 is 0 Å². The zero-order valence-electron chi connectivity index (χ0n) is 17.6. The van der Waals surface area contributed by atoms with Crippen molar-refractivity contribution in [3.63, 3.8) is 0 Å². The van der Waals surface area contributed by atoms with Gasteiger partial charge in [0.2, 0.25) is 0 Å². The van der Waals surface area contributed by atoms with Crippen LogP contribution < -0.4 is 21.3 Å². The monoisotopic (exact) mass is 486 g/mol. The van der Waals surface area contributed by atoms with Crippen molar-refractivity contribution < 1.29 is 29.4 Å². The van der Waals surface area contributed by atoms with Crippen molar-refractivity contribution >= 4 is 47.5 Å². The van der Waals surface area contributed by atoms with Gasteiger partial charge in [-0.2, -0.15) is 23.5 Å². The molecular formula is C20H30N4O6S2. The van der Waals surface area contributed by atoms with Crippen LogP contribution in [0.3, 0.4) is 0 Å². The molecule has 0 saturated carbocycles. The molecule has 0 spiro atoms. The lowest BCUT2D eigenvalue weighted by Gasteiger charge is -2.23. The van der Waals surface area contributed by atoms with Crippen molar-refractivity contribution in [2.75, 3.05) is 11.5 Å². The predicted octanol–water partition coefficient (Wildman–Crippen LogP) is 1.06. The van der Waals surface area contributed by atoms with Gasteiger partial charge in [0, 0.05) is 22.0 Å². The van der Waals surface area contributed by atoms with Gasteiger partial charge in [0.1, 0.15) is 0 Å². The maximum Gasteiger partial charge on any atom is 0.315 e. The minimum atomic E-state index is -1.06. The Hall–Kier alpha value is -1.82. The molecule has 8 atom stereocenters. The molecule has 178 valence electrons. The molecule has 32 heavy (non-hydrogen) atoms. The summed E-state index contributed by atoms with van der Waals surface area (Å²) in [5.41, 5.74) is 0. The van der Waals surface area contributed by atoms with Crippen molar-refractivity contribution in [3.8, 4) is 0 Å². The number of hydrogen-bond donors (Lipinski definition) is 6. The molecule has 4 saturated heterocycles. The molecule has 4 aliphatic rings. The summed E-state index contributed by atoms with van der Waals surface area (Å²) in [6.45, 7) is 0. The van der Waals surface area contributed by atoms with E-state index in [4.69, 9.17) is 0 Å². The maximum atomic E-state index is 11.9. The second-order valence-corrected chi connectivity index (χ2v) is 11.5. The van der Waals surface area contributed by atoms with Crippen molar-refractivity contribution in [3.05, 3.63) is 0 Å². The zero-order valence-corrected chi connectivity index (χ0v) is 19.3. The number of rotatable bonds is 11. The Labute approximate surface area is 194 Å². The van der Waals surface area contributed by atoms with Crippen LogP contribution in [0.5, 0.6) is 0 Å². The third-order valence-corrected chi connectivity index (χ3v) is 10.0. The van der Waals surface area contributed by atoms with Crippen LogP contribution in [0.2, 0.25) is 0 Å². The summed E-state index contributed by atoms with van der Waals surface area (Å²) >= 11 is 3.54. The molecular weight excluding hydrogens is 456 g/mol. The van der Waals surface area contributed by atoms with Crippen molar-refractivity contribution in [1.82, 2.24) is 21.3 Å². The Morgan fingerprint density at radius 3 is 1.56 bits per heavy atom. The molecule has 4 rings (SSSR count). The van der Waals surface area contributed by atoms with E-state index in [1.54, 1.807) is 23.5 Å². The van der Waals surface area contributed by atoms with Crippen LogP contribution in [0.1, 0.15) is 38.5 Å². The Kier molecular flexibility index (Phi) is 7.28. The number of carboxylic acid groups (broad SMARTS) is 2. The van der Waals surface area contributed by atoms with Crippen molar-refractivity contribution in [1.29, 1.82) is 0 Å². The number of carbonyl (C=O) groups excluding carboxylic acids is 2. The highest BCUT2D eigenvalue weighted by Crippen LogP contribution is 2.36. The van der Waals surface area contributed by atoms with Gasteiger partial charge in [0.15, 0.2) is 0 Å². The molecule has 4 amide bonds. The van der Waals surface area contributed by atoms with Crippen LogP contribution in [0.4, 0.5) is 9.59 Å². The van der Waals surface area contributed by atoms with E-state index < -0.39 is 23.8 Å². The third kappa shape index (κ3) is 5.05. The van der Waals surface area contributed by atoms with E-state index in [1.165, 1.54) is 0 Å². The first-order valence-corrected chi connectivity index (χ1v) is 13.3. The number of thioether (sulfide) groups is 2. The molecule has 0 aromatic heterocycles. The fourth-order valence-corrected chi connectivity index (χ4v) is 8.44. The quantitative estimate of drug-likeness (QED) is 0.237. The van der Waals surface area contributed by atoms with Crippen LogP contribution in [-0.4, -0.2) is 80.4 Å². The average molecular weight is 487 g/mol. The molecule has 0 radical (unpaired) electrons. The summed E-state index contributed by atoms with van der Waals surface area (Å²) in [7, 11) is 0.